The van der Waals surface area contributed by atoms with Gasteiger partial charge in [-0.2, -0.15) is 0 Å². The zero-order valence-corrected chi connectivity index (χ0v) is 12.1. The van der Waals surface area contributed by atoms with Gasteiger partial charge in [-0.25, -0.2) is 0 Å². The largest absolute Gasteiger partial charge is 0.356 e. The number of carbonyl (C=O) groups is 1. The second kappa shape index (κ2) is 9.03. The first-order valence-corrected chi connectivity index (χ1v) is 7.69. The fourth-order valence-electron chi connectivity index (χ4n) is 1.70. The summed E-state index contributed by atoms with van der Waals surface area (Å²) >= 11 is 1.73. The number of thioether (sulfide) groups is 1. The molecule has 0 radical (unpaired) electrons. The smallest absolute Gasteiger partial charge is 0.220 e. The van der Waals surface area contributed by atoms with Crippen molar-refractivity contribution in [2.75, 3.05) is 12.3 Å². The van der Waals surface area contributed by atoms with Gasteiger partial charge >= 0.3 is 0 Å². The lowest BCUT2D eigenvalue weighted by atomic mass is 10.0. The summed E-state index contributed by atoms with van der Waals surface area (Å²) in [5.74, 6) is 1.64. The Kier molecular flexibility index (Phi) is 7.58. The van der Waals surface area contributed by atoms with E-state index in [-0.39, 0.29) is 5.91 Å². The van der Waals surface area contributed by atoms with Crippen molar-refractivity contribution in [3.8, 4) is 0 Å². The molecule has 3 heteroatoms. The number of carbonyl (C=O) groups excluding carboxylic acids is 1. The van der Waals surface area contributed by atoms with Crippen LogP contribution >= 0.6 is 11.8 Å². The first-order valence-electron chi connectivity index (χ1n) is 6.70. The Bertz CT molecular complexity index is 336. The number of rotatable bonds is 8. The van der Waals surface area contributed by atoms with Crippen molar-refractivity contribution in [1.29, 1.82) is 0 Å². The molecule has 0 aliphatic rings. The lowest BCUT2D eigenvalue weighted by Crippen LogP contribution is -2.29. The van der Waals surface area contributed by atoms with Crippen molar-refractivity contribution in [1.82, 2.24) is 5.32 Å². The van der Waals surface area contributed by atoms with Crippen LogP contribution in [-0.2, 0) is 4.79 Å². The SMILES string of the molecule is CCC(CC)CNC(=O)CCSc1ccccc1. The van der Waals surface area contributed by atoms with Gasteiger partial charge in [0.2, 0.25) is 5.91 Å². The molecule has 0 aromatic heterocycles. The van der Waals surface area contributed by atoms with Crippen LogP contribution in [0.1, 0.15) is 33.1 Å². The third kappa shape index (κ3) is 6.10. The highest BCUT2D eigenvalue weighted by molar-refractivity contribution is 7.99. The number of hydrogen-bond acceptors (Lipinski definition) is 2. The summed E-state index contributed by atoms with van der Waals surface area (Å²) in [6.45, 7) is 5.17. The van der Waals surface area contributed by atoms with Crippen LogP contribution in [0.5, 0.6) is 0 Å². The summed E-state index contributed by atoms with van der Waals surface area (Å²) in [4.78, 5) is 12.9. The molecule has 0 saturated carbocycles. The van der Waals surface area contributed by atoms with Gasteiger partial charge in [-0.3, -0.25) is 4.79 Å². The second-order valence-electron chi connectivity index (χ2n) is 4.40. The fourth-order valence-corrected chi connectivity index (χ4v) is 2.57. The van der Waals surface area contributed by atoms with Crippen molar-refractivity contribution in [3.63, 3.8) is 0 Å². The molecule has 0 saturated heterocycles. The summed E-state index contributed by atoms with van der Waals surface area (Å²) in [5.41, 5.74) is 0. The molecule has 1 amide bonds. The summed E-state index contributed by atoms with van der Waals surface area (Å²) < 4.78 is 0. The lowest BCUT2D eigenvalue weighted by Gasteiger charge is -2.13. The molecule has 0 atom stereocenters. The average molecular weight is 265 g/mol. The second-order valence-corrected chi connectivity index (χ2v) is 5.57. The minimum absolute atomic E-state index is 0.172. The van der Waals surface area contributed by atoms with E-state index in [0.717, 1.165) is 25.1 Å². The van der Waals surface area contributed by atoms with Crippen LogP contribution < -0.4 is 5.32 Å². The van der Waals surface area contributed by atoms with Gasteiger partial charge in [0, 0.05) is 23.6 Å². The average Bonchev–Trinajstić information content (AvgIpc) is 2.41. The molecule has 18 heavy (non-hydrogen) atoms. The summed E-state index contributed by atoms with van der Waals surface area (Å²) in [6.07, 6.45) is 2.87. The van der Waals surface area contributed by atoms with E-state index in [1.807, 2.05) is 18.2 Å². The Hall–Kier alpha value is -0.960. The van der Waals surface area contributed by atoms with Crippen molar-refractivity contribution in [3.05, 3.63) is 30.3 Å². The summed E-state index contributed by atoms with van der Waals surface area (Å²) in [6, 6.07) is 10.2. The molecule has 0 aliphatic heterocycles. The van der Waals surface area contributed by atoms with Crippen LogP contribution in [0.2, 0.25) is 0 Å². The number of benzene rings is 1. The van der Waals surface area contributed by atoms with Crippen LogP contribution in [0.3, 0.4) is 0 Å². The highest BCUT2D eigenvalue weighted by atomic mass is 32.2. The normalized spacial score (nSPS) is 10.6. The van der Waals surface area contributed by atoms with Crippen LogP contribution in [0.15, 0.2) is 35.2 Å². The maximum Gasteiger partial charge on any atom is 0.220 e. The third-order valence-corrected chi connectivity index (χ3v) is 4.10. The van der Waals surface area contributed by atoms with Crippen molar-refractivity contribution < 1.29 is 4.79 Å². The van der Waals surface area contributed by atoms with Crippen LogP contribution in [-0.4, -0.2) is 18.2 Å². The minimum Gasteiger partial charge on any atom is -0.356 e. The molecule has 1 rings (SSSR count). The Morgan fingerprint density at radius 1 is 1.22 bits per heavy atom. The molecule has 0 bridgehead atoms. The number of hydrogen-bond donors (Lipinski definition) is 1. The number of amides is 1. The maximum atomic E-state index is 11.6. The maximum absolute atomic E-state index is 11.6. The van der Waals surface area contributed by atoms with E-state index in [0.29, 0.717) is 12.3 Å². The molecule has 2 nitrogen and oxygen atoms in total. The fraction of sp³-hybridized carbons (Fsp3) is 0.533. The topological polar surface area (TPSA) is 29.1 Å². The summed E-state index contributed by atoms with van der Waals surface area (Å²) in [7, 11) is 0. The minimum atomic E-state index is 0.172. The van der Waals surface area contributed by atoms with Gasteiger partial charge in [-0.15, -0.1) is 11.8 Å². The highest BCUT2D eigenvalue weighted by Crippen LogP contribution is 2.17. The molecule has 100 valence electrons. The molecule has 1 N–H and O–H groups in total. The van der Waals surface area contributed by atoms with Crippen LogP contribution in [0.4, 0.5) is 0 Å². The Morgan fingerprint density at radius 2 is 1.89 bits per heavy atom. The van der Waals surface area contributed by atoms with E-state index in [1.54, 1.807) is 11.8 Å². The molecular weight excluding hydrogens is 242 g/mol. The van der Waals surface area contributed by atoms with Gasteiger partial charge in [-0.1, -0.05) is 44.9 Å². The van der Waals surface area contributed by atoms with Crippen LogP contribution in [0.25, 0.3) is 0 Å². The molecule has 0 spiro atoms. The van der Waals surface area contributed by atoms with Crippen LogP contribution in [0, 0.1) is 5.92 Å². The quantitative estimate of drug-likeness (QED) is 0.726. The van der Waals surface area contributed by atoms with E-state index in [4.69, 9.17) is 0 Å². The predicted molar refractivity (Wildman–Crippen MR) is 78.9 cm³/mol. The molecule has 1 aromatic rings. The molecule has 0 unspecified atom stereocenters. The van der Waals surface area contributed by atoms with Gasteiger partial charge in [0.15, 0.2) is 0 Å². The zero-order chi connectivity index (χ0) is 13.2. The molecular formula is C15H23NOS. The standard InChI is InChI=1S/C15H23NOS/c1-3-13(4-2)12-16-15(17)10-11-18-14-8-6-5-7-9-14/h5-9,13H,3-4,10-12H2,1-2H3,(H,16,17). The van der Waals surface area contributed by atoms with Crippen molar-refractivity contribution in [2.45, 2.75) is 38.0 Å². The molecule has 0 aliphatic carbocycles. The molecule has 1 aromatic carbocycles. The van der Waals surface area contributed by atoms with Crippen molar-refractivity contribution >= 4 is 17.7 Å². The Balaban J connectivity index is 2.14. The van der Waals surface area contributed by atoms with E-state index in [1.165, 1.54) is 4.90 Å². The van der Waals surface area contributed by atoms with E-state index < -0.39 is 0 Å². The summed E-state index contributed by atoms with van der Waals surface area (Å²) in [5, 5.41) is 3.02. The highest BCUT2D eigenvalue weighted by Gasteiger charge is 2.06. The Labute approximate surface area is 115 Å². The first kappa shape index (κ1) is 15.1. The van der Waals surface area contributed by atoms with E-state index in [2.05, 4.69) is 31.3 Å². The van der Waals surface area contributed by atoms with E-state index in [9.17, 15) is 4.79 Å². The van der Waals surface area contributed by atoms with Gasteiger partial charge in [0.25, 0.3) is 0 Å². The van der Waals surface area contributed by atoms with Crippen molar-refractivity contribution in [2.24, 2.45) is 5.92 Å². The zero-order valence-electron chi connectivity index (χ0n) is 11.3. The molecule has 0 fully saturated rings. The molecule has 0 heterocycles. The predicted octanol–water partition coefficient (Wildman–Crippen LogP) is 3.72. The lowest BCUT2D eigenvalue weighted by molar-refractivity contribution is -0.120. The monoisotopic (exact) mass is 265 g/mol. The first-order chi connectivity index (χ1) is 8.76. The van der Waals surface area contributed by atoms with Gasteiger partial charge < -0.3 is 5.32 Å². The van der Waals surface area contributed by atoms with Gasteiger partial charge in [0.1, 0.15) is 0 Å². The van der Waals surface area contributed by atoms with Gasteiger partial charge in [0.05, 0.1) is 0 Å². The van der Waals surface area contributed by atoms with E-state index >= 15 is 0 Å². The Morgan fingerprint density at radius 3 is 2.50 bits per heavy atom. The number of nitrogens with one attached hydrogen (secondary N) is 1. The van der Waals surface area contributed by atoms with Gasteiger partial charge in [-0.05, 0) is 18.1 Å². The third-order valence-electron chi connectivity index (χ3n) is 3.08.